The molecule has 9 heteroatoms. The number of non-ortho nitro benzene ring substituents is 1. The minimum absolute atomic E-state index is 0.0320. The van der Waals surface area contributed by atoms with Gasteiger partial charge in [0.05, 0.1) is 10.6 Å². The molecule has 0 spiro atoms. The number of nitro benzene ring substituents is 1. The van der Waals surface area contributed by atoms with Gasteiger partial charge in [-0.15, -0.1) is 5.10 Å². The van der Waals surface area contributed by atoms with Crippen LogP contribution in [0, 0.1) is 10.1 Å². The Hall–Kier alpha value is -4.01. The second-order valence-electron chi connectivity index (χ2n) is 6.14. The normalized spacial score (nSPS) is 12.9. The Labute approximate surface area is 158 Å². The molecule has 9 nitrogen and oxygen atoms in total. The van der Waals surface area contributed by atoms with E-state index in [4.69, 9.17) is 9.47 Å². The van der Waals surface area contributed by atoms with Crippen LogP contribution in [0.1, 0.15) is 0 Å². The average molecular weight is 375 g/mol. The van der Waals surface area contributed by atoms with E-state index in [9.17, 15) is 10.1 Å². The zero-order valence-corrected chi connectivity index (χ0v) is 14.5. The minimum Gasteiger partial charge on any atom is -0.486 e. The Morgan fingerprint density at radius 2 is 1.71 bits per heavy atom. The van der Waals surface area contributed by atoms with Crippen LogP contribution in [-0.4, -0.2) is 37.7 Å². The van der Waals surface area contributed by atoms with E-state index >= 15 is 0 Å². The lowest BCUT2D eigenvalue weighted by Crippen LogP contribution is -2.15. The third-order valence-electron chi connectivity index (χ3n) is 4.41. The van der Waals surface area contributed by atoms with Crippen LogP contribution in [0.3, 0.4) is 0 Å². The van der Waals surface area contributed by atoms with Crippen LogP contribution in [-0.2, 0) is 0 Å². The van der Waals surface area contributed by atoms with Crippen molar-refractivity contribution in [3.63, 3.8) is 0 Å². The predicted molar refractivity (Wildman–Crippen MR) is 99.3 cm³/mol. The van der Waals surface area contributed by atoms with Crippen molar-refractivity contribution in [3.05, 3.63) is 64.8 Å². The zero-order valence-electron chi connectivity index (χ0n) is 14.5. The molecular weight excluding hydrogens is 362 g/mol. The highest BCUT2D eigenvalue weighted by molar-refractivity contribution is 5.66. The lowest BCUT2D eigenvalue weighted by atomic mass is 10.1. The molecule has 0 aliphatic carbocycles. The van der Waals surface area contributed by atoms with Crippen LogP contribution in [0.25, 0.3) is 28.4 Å². The van der Waals surface area contributed by atoms with Gasteiger partial charge >= 0.3 is 0 Å². The predicted octanol–water partition coefficient (Wildman–Crippen LogP) is 3.14. The zero-order chi connectivity index (χ0) is 19.1. The summed E-state index contributed by atoms with van der Waals surface area (Å²) in [5.74, 6) is 2.29. The highest BCUT2D eigenvalue weighted by atomic mass is 16.6. The minimum atomic E-state index is -0.429. The van der Waals surface area contributed by atoms with Crippen molar-refractivity contribution in [2.24, 2.45) is 0 Å². The molecule has 2 aromatic heterocycles. The molecule has 0 amide bonds. The maximum Gasteiger partial charge on any atom is 0.269 e. The highest BCUT2D eigenvalue weighted by Crippen LogP contribution is 2.34. The Morgan fingerprint density at radius 3 is 2.50 bits per heavy atom. The second-order valence-corrected chi connectivity index (χ2v) is 6.14. The van der Waals surface area contributed by atoms with Gasteiger partial charge in [-0.2, -0.15) is 9.50 Å². The summed E-state index contributed by atoms with van der Waals surface area (Å²) in [4.78, 5) is 19.2. The van der Waals surface area contributed by atoms with Gasteiger partial charge in [0, 0.05) is 29.5 Å². The first kappa shape index (κ1) is 16.2. The number of hydrogen-bond acceptors (Lipinski definition) is 7. The molecule has 0 saturated heterocycles. The Bertz CT molecular complexity index is 1200. The molecule has 0 radical (unpaired) electrons. The van der Waals surface area contributed by atoms with Crippen molar-refractivity contribution in [2.75, 3.05) is 13.2 Å². The SMILES string of the molecule is O=[N+]([O-])c1ccc(-c2ccnc3nc(-c4ccc5c(c4)OCCO5)nn23)cc1. The number of ether oxygens (including phenoxy) is 2. The largest absolute Gasteiger partial charge is 0.486 e. The maximum atomic E-state index is 10.9. The summed E-state index contributed by atoms with van der Waals surface area (Å²) < 4.78 is 12.8. The maximum absolute atomic E-state index is 10.9. The van der Waals surface area contributed by atoms with Gasteiger partial charge in [-0.25, -0.2) is 4.98 Å². The van der Waals surface area contributed by atoms with Gasteiger partial charge in [-0.05, 0) is 36.4 Å². The first-order chi connectivity index (χ1) is 13.7. The number of fused-ring (bicyclic) bond motifs is 2. The average Bonchev–Trinajstić information content (AvgIpc) is 3.18. The quantitative estimate of drug-likeness (QED) is 0.400. The molecule has 28 heavy (non-hydrogen) atoms. The van der Waals surface area contributed by atoms with E-state index < -0.39 is 4.92 Å². The van der Waals surface area contributed by atoms with Gasteiger partial charge < -0.3 is 9.47 Å². The van der Waals surface area contributed by atoms with Crippen LogP contribution in [0.2, 0.25) is 0 Å². The van der Waals surface area contributed by atoms with Gasteiger partial charge in [-0.3, -0.25) is 10.1 Å². The van der Waals surface area contributed by atoms with Crippen LogP contribution >= 0.6 is 0 Å². The van der Waals surface area contributed by atoms with E-state index in [0.717, 1.165) is 16.8 Å². The monoisotopic (exact) mass is 375 g/mol. The number of nitrogens with zero attached hydrogens (tertiary/aromatic N) is 5. The Morgan fingerprint density at radius 1 is 0.964 bits per heavy atom. The van der Waals surface area contributed by atoms with Gasteiger partial charge in [0.2, 0.25) is 0 Å². The van der Waals surface area contributed by atoms with E-state index in [1.54, 1.807) is 28.9 Å². The van der Waals surface area contributed by atoms with Gasteiger partial charge in [0.1, 0.15) is 13.2 Å². The topological polar surface area (TPSA) is 105 Å². The third-order valence-corrected chi connectivity index (χ3v) is 4.41. The van der Waals surface area contributed by atoms with E-state index in [2.05, 4.69) is 15.1 Å². The van der Waals surface area contributed by atoms with Crippen molar-refractivity contribution in [2.45, 2.75) is 0 Å². The first-order valence-corrected chi connectivity index (χ1v) is 8.56. The first-order valence-electron chi connectivity index (χ1n) is 8.56. The van der Waals surface area contributed by atoms with Gasteiger partial charge in [0.15, 0.2) is 17.3 Å². The summed E-state index contributed by atoms with van der Waals surface area (Å²) in [7, 11) is 0. The van der Waals surface area contributed by atoms with Gasteiger partial charge in [0.25, 0.3) is 11.5 Å². The summed E-state index contributed by atoms with van der Waals surface area (Å²) in [6.45, 7) is 1.03. The molecule has 5 rings (SSSR count). The standard InChI is InChI=1S/C19H13N5O4/c25-24(26)14-4-1-12(2-5-14)15-7-8-20-19-21-18(22-23(15)19)13-3-6-16-17(11-13)28-10-9-27-16/h1-8,11H,9-10H2. The van der Waals surface area contributed by atoms with E-state index in [0.29, 0.717) is 36.3 Å². The van der Waals surface area contributed by atoms with Crippen molar-refractivity contribution in [1.29, 1.82) is 0 Å². The molecule has 2 aromatic carbocycles. The van der Waals surface area contributed by atoms with Crippen LogP contribution < -0.4 is 9.47 Å². The van der Waals surface area contributed by atoms with Crippen LogP contribution in [0.5, 0.6) is 11.5 Å². The summed E-state index contributed by atoms with van der Waals surface area (Å²) in [5.41, 5.74) is 2.32. The summed E-state index contributed by atoms with van der Waals surface area (Å²) in [5, 5.41) is 15.5. The van der Waals surface area contributed by atoms with Gasteiger partial charge in [-0.1, -0.05) is 0 Å². The van der Waals surface area contributed by atoms with Crippen molar-refractivity contribution in [1.82, 2.24) is 19.6 Å². The molecule has 0 N–H and O–H groups in total. The third kappa shape index (κ3) is 2.69. The number of nitro groups is 1. The molecule has 0 atom stereocenters. The lowest BCUT2D eigenvalue weighted by molar-refractivity contribution is -0.384. The van der Waals surface area contributed by atoms with E-state index in [-0.39, 0.29) is 5.69 Å². The lowest BCUT2D eigenvalue weighted by Gasteiger charge is -2.18. The number of rotatable bonds is 3. The number of benzene rings is 2. The number of aromatic nitrogens is 4. The number of hydrogen-bond donors (Lipinski definition) is 0. The molecule has 0 bridgehead atoms. The van der Waals surface area contributed by atoms with E-state index in [1.807, 2.05) is 18.2 Å². The highest BCUT2D eigenvalue weighted by Gasteiger charge is 2.16. The molecule has 138 valence electrons. The van der Waals surface area contributed by atoms with Crippen molar-refractivity contribution in [3.8, 4) is 34.1 Å². The Kier molecular flexibility index (Phi) is 3.64. The van der Waals surface area contributed by atoms with Crippen LogP contribution in [0.4, 0.5) is 5.69 Å². The Balaban J connectivity index is 1.58. The molecule has 1 aliphatic heterocycles. The summed E-state index contributed by atoms with van der Waals surface area (Å²) in [6.07, 6.45) is 1.63. The molecule has 3 heterocycles. The molecule has 4 aromatic rings. The fraction of sp³-hybridized carbons (Fsp3) is 0.105. The molecular formula is C19H13N5O4. The summed E-state index contributed by atoms with van der Waals surface area (Å²) >= 11 is 0. The fourth-order valence-corrected chi connectivity index (χ4v) is 3.07. The smallest absolute Gasteiger partial charge is 0.269 e. The summed E-state index contributed by atoms with van der Waals surface area (Å²) in [6, 6.07) is 13.6. The molecule has 0 fully saturated rings. The van der Waals surface area contributed by atoms with Crippen molar-refractivity contribution < 1.29 is 14.4 Å². The van der Waals surface area contributed by atoms with Crippen LogP contribution in [0.15, 0.2) is 54.7 Å². The van der Waals surface area contributed by atoms with E-state index in [1.165, 1.54) is 12.1 Å². The van der Waals surface area contributed by atoms with Crippen molar-refractivity contribution >= 4 is 11.5 Å². The fourth-order valence-electron chi connectivity index (χ4n) is 3.07. The second kappa shape index (κ2) is 6.31. The molecule has 0 unspecified atom stereocenters. The molecule has 0 saturated carbocycles. The molecule has 1 aliphatic rings.